The molecule has 0 aromatic heterocycles. The van der Waals surface area contributed by atoms with E-state index in [0.717, 1.165) is 28.9 Å². The fourth-order valence-corrected chi connectivity index (χ4v) is 3.51. The molecular weight excluding hydrogens is 359 g/mol. The van der Waals surface area contributed by atoms with Gasteiger partial charge in [-0.1, -0.05) is 74.2 Å². The maximum atomic E-state index is 14.9. The highest BCUT2D eigenvalue weighted by Gasteiger charge is 2.09. The zero-order chi connectivity index (χ0) is 20.2. The summed E-state index contributed by atoms with van der Waals surface area (Å²) in [6, 6.07) is 25.7. The van der Waals surface area contributed by atoms with Crippen molar-refractivity contribution in [3.05, 3.63) is 103 Å². The van der Waals surface area contributed by atoms with Crippen molar-refractivity contribution in [2.24, 2.45) is 0 Å². The van der Waals surface area contributed by atoms with Gasteiger partial charge in [-0.15, -0.1) is 0 Å². The van der Waals surface area contributed by atoms with E-state index in [-0.39, 0.29) is 5.82 Å². The van der Waals surface area contributed by atoms with Crippen molar-refractivity contribution in [1.29, 1.82) is 0 Å². The minimum Gasteiger partial charge on any atom is -0.490 e. The number of rotatable bonds is 6. The first-order chi connectivity index (χ1) is 14.2. The summed E-state index contributed by atoms with van der Waals surface area (Å²) < 4.78 is 20.4. The molecule has 0 aliphatic carbocycles. The standard InChI is InChI=1S/C27H23FO/c1-3-15-29-25-12-9-20(10-13-25)26-14-11-24(18-27(26)28)23-8-7-21-16-19(4-2)5-6-22(21)17-23/h3,5-14,16-18H,1,4,15H2,2H3. The summed E-state index contributed by atoms with van der Waals surface area (Å²) >= 11 is 0. The lowest BCUT2D eigenvalue weighted by molar-refractivity contribution is 0.363. The fraction of sp³-hybridized carbons (Fsp3) is 0.111. The Labute approximate surface area is 171 Å². The number of benzene rings is 4. The maximum Gasteiger partial charge on any atom is 0.131 e. The van der Waals surface area contributed by atoms with Crippen molar-refractivity contribution in [1.82, 2.24) is 0 Å². The molecule has 1 nitrogen and oxygen atoms in total. The normalized spacial score (nSPS) is 10.8. The van der Waals surface area contributed by atoms with E-state index in [1.165, 1.54) is 16.3 Å². The van der Waals surface area contributed by atoms with Crippen LogP contribution in [-0.4, -0.2) is 6.61 Å². The molecule has 0 bridgehead atoms. The number of hydrogen-bond acceptors (Lipinski definition) is 1. The van der Waals surface area contributed by atoms with Crippen LogP contribution in [0.4, 0.5) is 4.39 Å². The first-order valence-corrected chi connectivity index (χ1v) is 9.84. The van der Waals surface area contributed by atoms with Crippen LogP contribution in [0.3, 0.4) is 0 Å². The molecule has 0 atom stereocenters. The average molecular weight is 382 g/mol. The van der Waals surface area contributed by atoms with Gasteiger partial charge in [0.25, 0.3) is 0 Å². The Balaban J connectivity index is 1.63. The van der Waals surface area contributed by atoms with Crippen molar-refractivity contribution in [3.63, 3.8) is 0 Å². The molecule has 0 unspecified atom stereocenters. The molecule has 29 heavy (non-hydrogen) atoms. The van der Waals surface area contributed by atoms with Gasteiger partial charge in [-0.3, -0.25) is 0 Å². The highest BCUT2D eigenvalue weighted by atomic mass is 19.1. The molecule has 0 heterocycles. The van der Waals surface area contributed by atoms with Gasteiger partial charge in [-0.25, -0.2) is 4.39 Å². The lowest BCUT2D eigenvalue weighted by Gasteiger charge is -2.09. The Morgan fingerprint density at radius 1 is 0.793 bits per heavy atom. The average Bonchev–Trinajstić information content (AvgIpc) is 2.77. The van der Waals surface area contributed by atoms with Gasteiger partial charge in [-0.2, -0.15) is 0 Å². The summed E-state index contributed by atoms with van der Waals surface area (Å²) in [4.78, 5) is 0. The van der Waals surface area contributed by atoms with E-state index in [1.807, 2.05) is 36.4 Å². The molecule has 2 heteroatoms. The second kappa shape index (κ2) is 8.32. The molecule has 0 aliphatic heterocycles. The largest absolute Gasteiger partial charge is 0.490 e. The molecular formula is C27H23FO. The number of hydrogen-bond donors (Lipinski definition) is 0. The number of halogens is 1. The van der Waals surface area contributed by atoms with Crippen molar-refractivity contribution in [3.8, 4) is 28.0 Å². The van der Waals surface area contributed by atoms with Crippen LogP contribution in [0.1, 0.15) is 12.5 Å². The van der Waals surface area contributed by atoms with Crippen LogP contribution in [0.5, 0.6) is 5.75 Å². The lowest BCUT2D eigenvalue weighted by Crippen LogP contribution is -1.92. The third-order valence-electron chi connectivity index (χ3n) is 5.15. The monoisotopic (exact) mass is 382 g/mol. The maximum absolute atomic E-state index is 14.9. The van der Waals surface area contributed by atoms with E-state index < -0.39 is 0 Å². The SMILES string of the molecule is C=CCOc1ccc(-c2ccc(-c3ccc4cc(CC)ccc4c3)cc2F)cc1. The molecule has 144 valence electrons. The summed E-state index contributed by atoms with van der Waals surface area (Å²) in [7, 11) is 0. The van der Waals surface area contributed by atoms with Gasteiger partial charge in [-0.05, 0) is 63.7 Å². The zero-order valence-corrected chi connectivity index (χ0v) is 16.5. The molecule has 0 spiro atoms. The third-order valence-corrected chi connectivity index (χ3v) is 5.15. The van der Waals surface area contributed by atoms with Crippen LogP contribution in [-0.2, 0) is 6.42 Å². The van der Waals surface area contributed by atoms with E-state index in [9.17, 15) is 4.39 Å². The second-order valence-corrected chi connectivity index (χ2v) is 7.07. The molecule has 4 rings (SSSR count). The van der Waals surface area contributed by atoms with E-state index in [2.05, 4.69) is 49.9 Å². The van der Waals surface area contributed by atoms with Crippen LogP contribution >= 0.6 is 0 Å². The van der Waals surface area contributed by atoms with Crippen molar-refractivity contribution in [2.75, 3.05) is 6.61 Å². The van der Waals surface area contributed by atoms with Crippen LogP contribution in [0.25, 0.3) is 33.0 Å². The number of aryl methyl sites for hydroxylation is 1. The lowest BCUT2D eigenvalue weighted by atomic mass is 9.97. The smallest absolute Gasteiger partial charge is 0.131 e. The molecule has 0 N–H and O–H groups in total. The summed E-state index contributed by atoms with van der Waals surface area (Å²) in [5.74, 6) is 0.511. The summed E-state index contributed by atoms with van der Waals surface area (Å²) in [6.45, 7) is 6.24. The molecule has 0 radical (unpaired) electrons. The fourth-order valence-electron chi connectivity index (χ4n) is 3.51. The summed E-state index contributed by atoms with van der Waals surface area (Å²) in [5, 5.41) is 2.38. The Morgan fingerprint density at radius 2 is 1.45 bits per heavy atom. The minimum absolute atomic E-state index is 0.233. The van der Waals surface area contributed by atoms with Gasteiger partial charge in [0.1, 0.15) is 18.2 Å². The first-order valence-electron chi connectivity index (χ1n) is 9.84. The van der Waals surface area contributed by atoms with E-state index >= 15 is 0 Å². The van der Waals surface area contributed by atoms with Crippen LogP contribution in [0.2, 0.25) is 0 Å². The van der Waals surface area contributed by atoms with Gasteiger partial charge in [0.05, 0.1) is 0 Å². The Morgan fingerprint density at radius 3 is 2.17 bits per heavy atom. The van der Waals surface area contributed by atoms with Gasteiger partial charge in [0.15, 0.2) is 0 Å². The van der Waals surface area contributed by atoms with Crippen LogP contribution in [0.15, 0.2) is 91.5 Å². The van der Waals surface area contributed by atoms with Crippen LogP contribution < -0.4 is 4.74 Å². The van der Waals surface area contributed by atoms with Gasteiger partial charge < -0.3 is 4.74 Å². The highest BCUT2D eigenvalue weighted by molar-refractivity contribution is 5.88. The topological polar surface area (TPSA) is 9.23 Å². The molecule has 0 saturated heterocycles. The highest BCUT2D eigenvalue weighted by Crippen LogP contribution is 2.31. The molecule has 0 aliphatic rings. The Kier molecular flexibility index (Phi) is 5.44. The Hall–Kier alpha value is -3.39. The van der Waals surface area contributed by atoms with E-state index in [1.54, 1.807) is 12.1 Å². The summed E-state index contributed by atoms with van der Waals surface area (Å²) in [6.07, 6.45) is 2.72. The van der Waals surface area contributed by atoms with Crippen LogP contribution in [0, 0.1) is 5.82 Å². The van der Waals surface area contributed by atoms with Crippen molar-refractivity contribution >= 4 is 10.8 Å². The molecule has 0 saturated carbocycles. The molecule has 4 aromatic rings. The molecule has 0 fully saturated rings. The van der Waals surface area contributed by atoms with Gasteiger partial charge in [0, 0.05) is 5.56 Å². The molecule has 0 amide bonds. The molecule has 4 aromatic carbocycles. The summed E-state index contributed by atoms with van der Waals surface area (Å²) in [5.41, 5.74) is 4.61. The van der Waals surface area contributed by atoms with Crippen molar-refractivity contribution < 1.29 is 9.13 Å². The van der Waals surface area contributed by atoms with E-state index in [4.69, 9.17) is 4.74 Å². The van der Waals surface area contributed by atoms with E-state index in [0.29, 0.717) is 12.2 Å². The van der Waals surface area contributed by atoms with Crippen molar-refractivity contribution in [2.45, 2.75) is 13.3 Å². The van der Waals surface area contributed by atoms with Gasteiger partial charge in [0.2, 0.25) is 0 Å². The predicted octanol–water partition coefficient (Wildman–Crippen LogP) is 7.44. The minimum atomic E-state index is -0.233. The number of ether oxygens (including phenoxy) is 1. The Bertz CT molecular complexity index is 1160. The van der Waals surface area contributed by atoms with Gasteiger partial charge >= 0.3 is 0 Å². The first kappa shape index (κ1) is 18.9. The zero-order valence-electron chi connectivity index (χ0n) is 16.5. The second-order valence-electron chi connectivity index (χ2n) is 7.07. The third kappa shape index (κ3) is 4.07. The predicted molar refractivity (Wildman–Crippen MR) is 120 cm³/mol. The quantitative estimate of drug-likeness (QED) is 0.315. The number of fused-ring (bicyclic) bond motifs is 1.